The maximum atomic E-state index is 10.4. The van der Waals surface area contributed by atoms with Crippen LogP contribution in [0.15, 0.2) is 0 Å². The molecule has 1 rings (SSSR count). The standard InChI is InChI=1S/C21H43NO3/c1-18(2,3)11-17(25-15-19(4,5)6)14-24-16-12-20(7,8)22(23)21(9,10)13-16/h16-17,23H,11-15H2,1-10H3. The van der Waals surface area contributed by atoms with Crippen molar-refractivity contribution >= 4 is 0 Å². The fraction of sp³-hybridized carbons (Fsp3) is 1.00. The van der Waals surface area contributed by atoms with Crippen molar-refractivity contribution in [3.63, 3.8) is 0 Å². The fourth-order valence-electron chi connectivity index (χ4n) is 3.76. The van der Waals surface area contributed by atoms with Gasteiger partial charge in [-0.3, -0.25) is 0 Å². The molecule has 25 heavy (non-hydrogen) atoms. The van der Waals surface area contributed by atoms with Gasteiger partial charge in [-0.1, -0.05) is 41.5 Å². The third-order valence-electron chi connectivity index (χ3n) is 4.71. The highest BCUT2D eigenvalue weighted by Gasteiger charge is 2.45. The van der Waals surface area contributed by atoms with Crippen LogP contribution in [0.5, 0.6) is 0 Å². The minimum atomic E-state index is -0.280. The Hall–Kier alpha value is -0.160. The van der Waals surface area contributed by atoms with Crippen molar-refractivity contribution in [2.24, 2.45) is 10.8 Å². The molecule has 0 aliphatic carbocycles. The van der Waals surface area contributed by atoms with E-state index in [9.17, 15) is 5.21 Å². The molecule has 1 fully saturated rings. The molecule has 0 aromatic carbocycles. The van der Waals surface area contributed by atoms with Crippen molar-refractivity contribution in [1.82, 2.24) is 5.06 Å². The van der Waals surface area contributed by atoms with Crippen LogP contribution in [0, 0.1) is 10.8 Å². The van der Waals surface area contributed by atoms with Crippen LogP contribution in [0.1, 0.15) is 88.5 Å². The van der Waals surface area contributed by atoms with E-state index in [1.165, 1.54) is 5.06 Å². The number of rotatable bonds is 6. The lowest BCUT2D eigenvalue weighted by Crippen LogP contribution is -2.60. The smallest absolute Gasteiger partial charge is 0.0813 e. The van der Waals surface area contributed by atoms with Gasteiger partial charge in [0.05, 0.1) is 25.4 Å². The van der Waals surface area contributed by atoms with Crippen molar-refractivity contribution < 1.29 is 14.7 Å². The average molecular weight is 358 g/mol. The third kappa shape index (κ3) is 7.94. The Morgan fingerprint density at radius 1 is 0.960 bits per heavy atom. The highest BCUT2D eigenvalue weighted by Crippen LogP contribution is 2.38. The predicted molar refractivity (Wildman–Crippen MR) is 104 cm³/mol. The Morgan fingerprint density at radius 3 is 1.84 bits per heavy atom. The monoisotopic (exact) mass is 357 g/mol. The lowest BCUT2D eigenvalue weighted by molar-refractivity contribution is -0.263. The molecule has 4 heteroatoms. The van der Waals surface area contributed by atoms with Gasteiger partial charge in [0.2, 0.25) is 0 Å². The molecule has 0 aromatic rings. The molecule has 0 aromatic heterocycles. The van der Waals surface area contributed by atoms with E-state index in [2.05, 4.69) is 69.2 Å². The Labute approximate surface area is 156 Å². The summed E-state index contributed by atoms with van der Waals surface area (Å²) in [5.74, 6) is 0. The van der Waals surface area contributed by atoms with Gasteiger partial charge in [-0.15, -0.1) is 0 Å². The molecular weight excluding hydrogens is 314 g/mol. The lowest BCUT2D eigenvalue weighted by Gasteiger charge is -2.51. The molecule has 1 unspecified atom stereocenters. The summed E-state index contributed by atoms with van der Waals surface area (Å²) in [5.41, 5.74) is -0.197. The normalized spacial score (nSPS) is 23.6. The third-order valence-corrected chi connectivity index (χ3v) is 4.71. The summed E-state index contributed by atoms with van der Waals surface area (Å²) in [7, 11) is 0. The molecule has 0 amide bonds. The molecular formula is C21H43NO3. The summed E-state index contributed by atoms with van der Waals surface area (Å²) >= 11 is 0. The van der Waals surface area contributed by atoms with Crippen LogP contribution in [0.4, 0.5) is 0 Å². The summed E-state index contributed by atoms with van der Waals surface area (Å²) in [6, 6.07) is 0. The topological polar surface area (TPSA) is 41.9 Å². The molecule has 0 saturated carbocycles. The van der Waals surface area contributed by atoms with Crippen molar-refractivity contribution in [3.05, 3.63) is 0 Å². The summed E-state index contributed by atoms with van der Waals surface area (Å²) in [6.07, 6.45) is 2.89. The molecule has 4 nitrogen and oxygen atoms in total. The van der Waals surface area contributed by atoms with Crippen LogP contribution in [-0.4, -0.2) is 46.8 Å². The molecule has 1 aliphatic rings. The van der Waals surface area contributed by atoms with Crippen LogP contribution < -0.4 is 0 Å². The van der Waals surface area contributed by atoms with Crippen molar-refractivity contribution in [3.8, 4) is 0 Å². The highest BCUT2D eigenvalue weighted by atomic mass is 16.5. The number of hydrogen-bond donors (Lipinski definition) is 1. The van der Waals surface area contributed by atoms with Gasteiger partial charge in [0.15, 0.2) is 0 Å². The Kier molecular flexibility index (Phi) is 7.17. The number of ether oxygens (including phenoxy) is 2. The first-order valence-corrected chi connectivity index (χ1v) is 9.74. The van der Waals surface area contributed by atoms with Gasteiger partial charge < -0.3 is 14.7 Å². The van der Waals surface area contributed by atoms with E-state index >= 15 is 0 Å². The summed E-state index contributed by atoms with van der Waals surface area (Å²) in [6.45, 7) is 23.0. The number of nitrogens with zero attached hydrogens (tertiary/aromatic N) is 1. The lowest BCUT2D eigenvalue weighted by atomic mass is 9.80. The zero-order chi connectivity index (χ0) is 19.7. The summed E-state index contributed by atoms with van der Waals surface area (Å²) < 4.78 is 12.5. The van der Waals surface area contributed by atoms with Gasteiger partial charge >= 0.3 is 0 Å². The second kappa shape index (κ2) is 7.84. The second-order valence-corrected chi connectivity index (χ2v) is 11.6. The van der Waals surface area contributed by atoms with E-state index in [-0.39, 0.29) is 34.1 Å². The first kappa shape index (κ1) is 22.9. The second-order valence-electron chi connectivity index (χ2n) is 11.6. The van der Waals surface area contributed by atoms with E-state index in [0.29, 0.717) is 6.61 Å². The van der Waals surface area contributed by atoms with Crippen LogP contribution in [0.2, 0.25) is 0 Å². The van der Waals surface area contributed by atoms with Crippen LogP contribution in [-0.2, 0) is 9.47 Å². The van der Waals surface area contributed by atoms with E-state index in [0.717, 1.165) is 25.9 Å². The first-order valence-electron chi connectivity index (χ1n) is 9.74. The predicted octanol–water partition coefficient (Wildman–Crippen LogP) is 5.28. The number of hydroxylamine groups is 2. The molecule has 0 radical (unpaired) electrons. The van der Waals surface area contributed by atoms with Crippen molar-refractivity contribution in [2.45, 2.75) is 112 Å². The van der Waals surface area contributed by atoms with Gasteiger partial charge in [-0.05, 0) is 57.8 Å². The van der Waals surface area contributed by atoms with E-state index in [4.69, 9.17) is 9.47 Å². The average Bonchev–Trinajstić information content (AvgIpc) is 2.36. The zero-order valence-electron chi connectivity index (χ0n) is 18.4. The van der Waals surface area contributed by atoms with Gasteiger partial charge in [0, 0.05) is 11.1 Å². The molecule has 1 N–H and O–H groups in total. The zero-order valence-corrected chi connectivity index (χ0v) is 18.4. The van der Waals surface area contributed by atoms with E-state index in [1.807, 2.05) is 0 Å². The Morgan fingerprint density at radius 2 is 1.44 bits per heavy atom. The van der Waals surface area contributed by atoms with Crippen molar-refractivity contribution in [1.29, 1.82) is 0 Å². The summed E-state index contributed by atoms with van der Waals surface area (Å²) in [4.78, 5) is 0. The largest absolute Gasteiger partial charge is 0.375 e. The quantitative estimate of drug-likeness (QED) is 0.702. The SMILES string of the molecule is CC(C)(C)COC(COC1CC(C)(C)N(O)C(C)(C)C1)CC(C)(C)C. The minimum absolute atomic E-state index is 0.109. The number of piperidine rings is 1. The summed E-state index contributed by atoms with van der Waals surface area (Å²) in [5, 5.41) is 11.9. The van der Waals surface area contributed by atoms with Gasteiger partial charge in [0.25, 0.3) is 0 Å². The molecule has 1 saturated heterocycles. The highest BCUT2D eigenvalue weighted by molar-refractivity contribution is 4.96. The van der Waals surface area contributed by atoms with Gasteiger partial charge in [0.1, 0.15) is 0 Å². The van der Waals surface area contributed by atoms with Gasteiger partial charge in [-0.25, -0.2) is 0 Å². The molecule has 150 valence electrons. The Balaban J connectivity index is 2.68. The fourth-order valence-corrected chi connectivity index (χ4v) is 3.76. The van der Waals surface area contributed by atoms with Crippen LogP contribution >= 0.6 is 0 Å². The van der Waals surface area contributed by atoms with Crippen LogP contribution in [0.25, 0.3) is 0 Å². The van der Waals surface area contributed by atoms with E-state index in [1.54, 1.807) is 0 Å². The van der Waals surface area contributed by atoms with Gasteiger partial charge in [-0.2, -0.15) is 5.06 Å². The maximum absolute atomic E-state index is 10.4. The maximum Gasteiger partial charge on any atom is 0.0813 e. The Bertz CT molecular complexity index is 400. The molecule has 1 aliphatic heterocycles. The minimum Gasteiger partial charge on any atom is -0.375 e. The molecule has 0 spiro atoms. The van der Waals surface area contributed by atoms with Crippen LogP contribution in [0.3, 0.4) is 0 Å². The number of hydrogen-bond acceptors (Lipinski definition) is 4. The molecule has 1 atom stereocenters. The molecule has 0 bridgehead atoms. The first-order chi connectivity index (χ1) is 11.0. The molecule has 1 heterocycles. The van der Waals surface area contributed by atoms with Crippen molar-refractivity contribution in [2.75, 3.05) is 13.2 Å². The van der Waals surface area contributed by atoms with E-state index < -0.39 is 0 Å².